The van der Waals surface area contributed by atoms with E-state index in [1.165, 1.54) is 18.4 Å². The van der Waals surface area contributed by atoms with Crippen molar-refractivity contribution >= 4 is 12.0 Å². The standard InChI is InChI=1S/C21H30N2O3/c1-21(2,3)26-20(25)23-13-11-22(12-14-23)19(24)15-18(17-9-10-17)16-7-5-4-6-8-16/h4-8,17-18H,9-15H2,1-3H3. The molecule has 5 heteroatoms. The van der Waals surface area contributed by atoms with Crippen LogP contribution >= 0.6 is 0 Å². The minimum Gasteiger partial charge on any atom is -0.444 e. The minimum absolute atomic E-state index is 0.203. The van der Waals surface area contributed by atoms with Crippen molar-refractivity contribution in [3.05, 3.63) is 35.9 Å². The molecule has 1 unspecified atom stereocenters. The van der Waals surface area contributed by atoms with Gasteiger partial charge in [-0.2, -0.15) is 0 Å². The first kappa shape index (κ1) is 18.7. The van der Waals surface area contributed by atoms with Gasteiger partial charge in [0.2, 0.25) is 5.91 Å². The van der Waals surface area contributed by atoms with E-state index in [0.717, 1.165) is 0 Å². The van der Waals surface area contributed by atoms with Crippen molar-refractivity contribution in [2.45, 2.75) is 51.6 Å². The van der Waals surface area contributed by atoms with Crippen LogP contribution in [0.4, 0.5) is 4.79 Å². The number of benzene rings is 1. The highest BCUT2D eigenvalue weighted by Crippen LogP contribution is 2.44. The zero-order valence-corrected chi connectivity index (χ0v) is 16.1. The molecule has 26 heavy (non-hydrogen) atoms. The Hall–Kier alpha value is -2.04. The van der Waals surface area contributed by atoms with Crippen molar-refractivity contribution in [2.24, 2.45) is 5.92 Å². The van der Waals surface area contributed by atoms with Crippen LogP contribution in [0.15, 0.2) is 30.3 Å². The summed E-state index contributed by atoms with van der Waals surface area (Å²) in [5.74, 6) is 1.17. The zero-order valence-electron chi connectivity index (χ0n) is 16.1. The molecule has 1 aromatic rings. The molecule has 5 nitrogen and oxygen atoms in total. The lowest BCUT2D eigenvalue weighted by Crippen LogP contribution is -2.51. The highest BCUT2D eigenvalue weighted by atomic mass is 16.6. The summed E-state index contributed by atoms with van der Waals surface area (Å²) in [5, 5.41) is 0. The van der Waals surface area contributed by atoms with E-state index in [2.05, 4.69) is 24.3 Å². The largest absolute Gasteiger partial charge is 0.444 e. The summed E-state index contributed by atoms with van der Waals surface area (Å²) >= 11 is 0. The fraction of sp³-hybridized carbons (Fsp3) is 0.619. The highest BCUT2D eigenvalue weighted by Gasteiger charge is 2.35. The van der Waals surface area contributed by atoms with Gasteiger partial charge in [0.15, 0.2) is 0 Å². The zero-order chi connectivity index (χ0) is 18.7. The summed E-state index contributed by atoms with van der Waals surface area (Å²) in [6.45, 7) is 7.86. The second-order valence-electron chi connectivity index (χ2n) is 8.41. The highest BCUT2D eigenvalue weighted by molar-refractivity contribution is 5.78. The van der Waals surface area contributed by atoms with Crippen molar-refractivity contribution in [2.75, 3.05) is 26.2 Å². The van der Waals surface area contributed by atoms with Gasteiger partial charge in [-0.1, -0.05) is 30.3 Å². The predicted octanol–water partition coefficient (Wildman–Crippen LogP) is 3.65. The Morgan fingerprint density at radius 3 is 2.15 bits per heavy atom. The molecule has 0 N–H and O–H groups in total. The van der Waals surface area contributed by atoms with E-state index in [9.17, 15) is 9.59 Å². The van der Waals surface area contributed by atoms with E-state index in [1.54, 1.807) is 4.90 Å². The molecule has 0 bridgehead atoms. The molecule has 1 aliphatic carbocycles. The van der Waals surface area contributed by atoms with Crippen LogP contribution in [0.2, 0.25) is 0 Å². The Morgan fingerprint density at radius 1 is 1.04 bits per heavy atom. The van der Waals surface area contributed by atoms with Crippen LogP contribution in [-0.4, -0.2) is 53.6 Å². The molecule has 142 valence electrons. The number of carbonyl (C=O) groups excluding carboxylic acids is 2. The van der Waals surface area contributed by atoms with Gasteiger partial charge in [0.25, 0.3) is 0 Å². The van der Waals surface area contributed by atoms with Gasteiger partial charge in [-0.25, -0.2) is 4.79 Å². The average Bonchev–Trinajstić information content (AvgIpc) is 3.44. The van der Waals surface area contributed by atoms with Crippen molar-refractivity contribution in [1.82, 2.24) is 9.80 Å². The average molecular weight is 358 g/mol. The topological polar surface area (TPSA) is 49.9 Å². The lowest BCUT2D eigenvalue weighted by atomic mass is 9.90. The third kappa shape index (κ3) is 4.99. The first-order valence-corrected chi connectivity index (χ1v) is 9.64. The van der Waals surface area contributed by atoms with E-state index < -0.39 is 5.60 Å². The molecule has 0 spiro atoms. The maximum absolute atomic E-state index is 12.8. The third-order valence-electron chi connectivity index (χ3n) is 5.10. The molecule has 1 saturated heterocycles. The van der Waals surface area contributed by atoms with E-state index in [-0.39, 0.29) is 12.0 Å². The third-order valence-corrected chi connectivity index (χ3v) is 5.10. The number of nitrogens with zero attached hydrogens (tertiary/aromatic N) is 2. The van der Waals surface area contributed by atoms with E-state index in [4.69, 9.17) is 4.74 Å². The van der Waals surface area contributed by atoms with Crippen LogP contribution in [0, 0.1) is 5.92 Å². The van der Waals surface area contributed by atoms with Crippen molar-refractivity contribution in [1.29, 1.82) is 0 Å². The molecule has 1 atom stereocenters. The van der Waals surface area contributed by atoms with Gasteiger partial charge in [-0.15, -0.1) is 0 Å². The number of carbonyl (C=O) groups is 2. The molecule has 1 saturated carbocycles. The fourth-order valence-electron chi connectivity index (χ4n) is 3.54. The maximum Gasteiger partial charge on any atom is 0.410 e. The summed E-state index contributed by atoms with van der Waals surface area (Å²) in [6, 6.07) is 10.4. The lowest BCUT2D eigenvalue weighted by Gasteiger charge is -2.36. The molecule has 2 fully saturated rings. The molecular weight excluding hydrogens is 328 g/mol. The monoisotopic (exact) mass is 358 g/mol. The van der Waals surface area contributed by atoms with Crippen LogP contribution < -0.4 is 0 Å². The number of amides is 2. The summed E-state index contributed by atoms with van der Waals surface area (Å²) in [5.41, 5.74) is 0.785. The number of rotatable bonds is 4. The van der Waals surface area contributed by atoms with E-state index >= 15 is 0 Å². The van der Waals surface area contributed by atoms with Crippen LogP contribution in [0.1, 0.15) is 51.5 Å². The summed E-state index contributed by atoms with van der Waals surface area (Å²) in [7, 11) is 0. The number of ether oxygens (including phenoxy) is 1. The summed E-state index contributed by atoms with van der Waals surface area (Å²) in [6.07, 6.45) is 2.73. The lowest BCUT2D eigenvalue weighted by molar-refractivity contribution is -0.133. The maximum atomic E-state index is 12.8. The quantitative estimate of drug-likeness (QED) is 0.825. The summed E-state index contributed by atoms with van der Waals surface area (Å²) in [4.78, 5) is 28.6. The van der Waals surface area contributed by atoms with E-state index in [0.29, 0.717) is 44.4 Å². The van der Waals surface area contributed by atoms with Crippen molar-refractivity contribution in [3.8, 4) is 0 Å². The van der Waals surface area contributed by atoms with Crippen molar-refractivity contribution in [3.63, 3.8) is 0 Å². The van der Waals surface area contributed by atoms with Gasteiger partial charge in [0.1, 0.15) is 5.60 Å². The Morgan fingerprint density at radius 2 is 1.62 bits per heavy atom. The van der Waals surface area contributed by atoms with Crippen LogP contribution in [0.25, 0.3) is 0 Å². The number of piperazine rings is 1. The Balaban J connectivity index is 1.52. The smallest absolute Gasteiger partial charge is 0.410 e. The van der Waals surface area contributed by atoms with Gasteiger partial charge < -0.3 is 14.5 Å². The SMILES string of the molecule is CC(C)(C)OC(=O)N1CCN(C(=O)CC(c2ccccc2)C2CC2)CC1. The molecule has 1 aliphatic heterocycles. The second kappa shape index (κ2) is 7.68. The van der Waals surface area contributed by atoms with Gasteiger partial charge in [-0.3, -0.25) is 4.79 Å². The van der Waals surface area contributed by atoms with Gasteiger partial charge >= 0.3 is 6.09 Å². The summed E-state index contributed by atoms with van der Waals surface area (Å²) < 4.78 is 5.42. The molecule has 0 aromatic heterocycles. The molecular formula is C21H30N2O3. The number of hydrogen-bond donors (Lipinski definition) is 0. The fourth-order valence-corrected chi connectivity index (χ4v) is 3.54. The Labute approximate surface area is 156 Å². The van der Waals surface area contributed by atoms with Crippen LogP contribution in [-0.2, 0) is 9.53 Å². The molecule has 1 aromatic carbocycles. The van der Waals surface area contributed by atoms with Crippen molar-refractivity contribution < 1.29 is 14.3 Å². The second-order valence-corrected chi connectivity index (χ2v) is 8.41. The minimum atomic E-state index is -0.489. The number of hydrogen-bond acceptors (Lipinski definition) is 3. The first-order valence-electron chi connectivity index (χ1n) is 9.64. The Bertz CT molecular complexity index is 626. The van der Waals surface area contributed by atoms with Gasteiger partial charge in [0.05, 0.1) is 0 Å². The normalized spacial score (nSPS) is 19.2. The van der Waals surface area contributed by atoms with E-state index in [1.807, 2.05) is 31.7 Å². The van der Waals surface area contributed by atoms with Crippen LogP contribution in [0.3, 0.4) is 0 Å². The molecule has 2 amide bonds. The molecule has 3 rings (SSSR count). The first-order chi connectivity index (χ1) is 12.3. The Kier molecular flexibility index (Phi) is 5.54. The molecule has 2 aliphatic rings. The van der Waals surface area contributed by atoms with Crippen LogP contribution in [0.5, 0.6) is 0 Å². The van der Waals surface area contributed by atoms with Gasteiger partial charge in [-0.05, 0) is 51.0 Å². The predicted molar refractivity (Wildman–Crippen MR) is 101 cm³/mol. The van der Waals surface area contributed by atoms with Gasteiger partial charge in [0, 0.05) is 32.6 Å². The molecule has 0 radical (unpaired) electrons. The molecule has 1 heterocycles.